The SMILES string of the molecule is CC[C@@H](Oc1ccc([C@@H]2CCOc3cc4c(cc3C2)CN(Cc2cccc(F)c2)[C@H](C(=O)N[C@@H](Cc2ccc(-c3ccnc(C)c3C)cc2)C(=O)O)C4)cc1)c1ccc(Cl)c(Cl)c1. The van der Waals surface area contributed by atoms with Gasteiger partial charge in [0, 0.05) is 31.4 Å². The van der Waals surface area contributed by atoms with E-state index >= 15 is 0 Å². The fourth-order valence-corrected chi connectivity index (χ4v) is 9.14. The zero-order valence-corrected chi connectivity index (χ0v) is 37.1. The first-order chi connectivity index (χ1) is 30.4. The highest BCUT2D eigenvalue weighted by atomic mass is 35.5. The van der Waals surface area contributed by atoms with Crippen molar-refractivity contribution < 1.29 is 28.6 Å². The van der Waals surface area contributed by atoms with E-state index in [-0.39, 0.29) is 24.3 Å². The van der Waals surface area contributed by atoms with Gasteiger partial charge in [-0.15, -0.1) is 0 Å². The first-order valence-corrected chi connectivity index (χ1v) is 22.2. The van der Waals surface area contributed by atoms with Crippen LogP contribution < -0.4 is 14.8 Å². The summed E-state index contributed by atoms with van der Waals surface area (Å²) in [7, 11) is 0. The molecule has 0 bridgehead atoms. The zero-order chi connectivity index (χ0) is 44.2. The van der Waals surface area contributed by atoms with Crippen LogP contribution in [-0.4, -0.2) is 45.6 Å². The fraction of sp³-hybridized carbons (Fsp3) is 0.288. The molecule has 2 N–H and O–H groups in total. The number of rotatable bonds is 13. The lowest BCUT2D eigenvalue weighted by atomic mass is 9.86. The van der Waals surface area contributed by atoms with Crippen LogP contribution in [0.1, 0.15) is 82.0 Å². The maximum Gasteiger partial charge on any atom is 0.326 e. The molecule has 0 unspecified atom stereocenters. The lowest BCUT2D eigenvalue weighted by Gasteiger charge is -2.37. The second-order valence-corrected chi connectivity index (χ2v) is 17.5. The van der Waals surface area contributed by atoms with Gasteiger partial charge in [-0.3, -0.25) is 14.7 Å². The van der Waals surface area contributed by atoms with Crippen LogP contribution in [0.2, 0.25) is 10.0 Å². The molecule has 0 fully saturated rings. The monoisotopic (exact) mass is 885 g/mol. The summed E-state index contributed by atoms with van der Waals surface area (Å²) in [5.74, 6) is -0.107. The number of amides is 1. The van der Waals surface area contributed by atoms with Crippen molar-refractivity contribution in [2.24, 2.45) is 0 Å². The molecule has 0 radical (unpaired) electrons. The van der Waals surface area contributed by atoms with E-state index < -0.39 is 24.0 Å². The lowest BCUT2D eigenvalue weighted by Crippen LogP contribution is -2.54. The number of hydrogen-bond acceptors (Lipinski definition) is 6. The molecule has 0 spiro atoms. The van der Waals surface area contributed by atoms with E-state index in [1.54, 1.807) is 18.3 Å². The van der Waals surface area contributed by atoms with Crippen LogP contribution in [0.3, 0.4) is 0 Å². The summed E-state index contributed by atoms with van der Waals surface area (Å²) in [6.07, 6.45) is 4.40. The molecular formula is C52H50Cl2FN3O5. The molecule has 63 heavy (non-hydrogen) atoms. The van der Waals surface area contributed by atoms with Gasteiger partial charge in [0.1, 0.15) is 29.5 Å². The number of nitrogens with one attached hydrogen (secondary N) is 1. The average molecular weight is 887 g/mol. The van der Waals surface area contributed by atoms with Gasteiger partial charge >= 0.3 is 5.97 Å². The Balaban J connectivity index is 0.992. The summed E-state index contributed by atoms with van der Waals surface area (Å²) in [4.78, 5) is 33.3. The van der Waals surface area contributed by atoms with Crippen molar-refractivity contribution in [1.82, 2.24) is 15.2 Å². The topological polar surface area (TPSA) is 101 Å². The summed E-state index contributed by atoms with van der Waals surface area (Å²) in [5, 5.41) is 14.2. The van der Waals surface area contributed by atoms with Gasteiger partial charge < -0.3 is 19.9 Å². The van der Waals surface area contributed by atoms with Gasteiger partial charge in [-0.05, 0) is 150 Å². The highest BCUT2D eigenvalue weighted by Crippen LogP contribution is 2.38. The molecule has 0 saturated heterocycles. The molecule has 1 amide bonds. The van der Waals surface area contributed by atoms with Crippen molar-refractivity contribution in [3.8, 4) is 22.6 Å². The van der Waals surface area contributed by atoms with Crippen molar-refractivity contribution in [1.29, 1.82) is 0 Å². The number of hydrogen-bond donors (Lipinski definition) is 2. The summed E-state index contributed by atoms with van der Waals surface area (Å²) in [6, 6.07) is 32.3. The first kappa shape index (κ1) is 43.9. The van der Waals surface area contributed by atoms with Crippen LogP contribution in [0.25, 0.3) is 11.1 Å². The predicted molar refractivity (Wildman–Crippen MR) is 245 cm³/mol. The second-order valence-electron chi connectivity index (χ2n) is 16.6. The van der Waals surface area contributed by atoms with E-state index in [0.717, 1.165) is 86.5 Å². The third-order valence-corrected chi connectivity index (χ3v) is 13.2. The number of benzene rings is 5. The van der Waals surface area contributed by atoms with Gasteiger partial charge in [0.25, 0.3) is 0 Å². The Bertz CT molecular complexity index is 2620. The number of carboxylic acids is 1. The first-order valence-electron chi connectivity index (χ1n) is 21.4. The van der Waals surface area contributed by atoms with Crippen molar-refractivity contribution in [3.63, 3.8) is 0 Å². The second kappa shape index (κ2) is 19.3. The van der Waals surface area contributed by atoms with Gasteiger partial charge in [-0.25, -0.2) is 9.18 Å². The van der Waals surface area contributed by atoms with Crippen molar-refractivity contribution >= 4 is 35.1 Å². The van der Waals surface area contributed by atoms with Crippen LogP contribution in [0.15, 0.2) is 115 Å². The van der Waals surface area contributed by atoms with Crippen molar-refractivity contribution in [2.45, 2.75) is 90.1 Å². The molecule has 324 valence electrons. The number of aryl methyl sites for hydroxylation is 1. The molecule has 2 aliphatic heterocycles. The Morgan fingerprint density at radius 1 is 0.905 bits per heavy atom. The van der Waals surface area contributed by atoms with E-state index in [9.17, 15) is 19.1 Å². The number of pyridine rings is 1. The van der Waals surface area contributed by atoms with Crippen molar-refractivity contribution in [3.05, 3.63) is 181 Å². The quantitative estimate of drug-likeness (QED) is 0.119. The third-order valence-electron chi connectivity index (χ3n) is 12.5. The Morgan fingerprint density at radius 3 is 2.43 bits per heavy atom. The van der Waals surface area contributed by atoms with E-state index in [1.165, 1.54) is 17.7 Å². The molecular weight excluding hydrogens is 836 g/mol. The fourth-order valence-electron chi connectivity index (χ4n) is 8.83. The Morgan fingerprint density at radius 2 is 1.70 bits per heavy atom. The number of nitrogens with zero attached hydrogens (tertiary/aromatic N) is 2. The molecule has 4 atom stereocenters. The molecule has 11 heteroatoms. The number of ether oxygens (including phenoxy) is 2. The van der Waals surface area contributed by atoms with Gasteiger partial charge in [-0.2, -0.15) is 0 Å². The summed E-state index contributed by atoms with van der Waals surface area (Å²) < 4.78 is 27.2. The number of carbonyl (C=O) groups excluding carboxylic acids is 1. The van der Waals surface area contributed by atoms with Gasteiger partial charge in [-0.1, -0.05) is 90.8 Å². The van der Waals surface area contributed by atoms with Crippen LogP contribution >= 0.6 is 23.2 Å². The van der Waals surface area contributed by atoms with Gasteiger partial charge in [0.2, 0.25) is 5.91 Å². The van der Waals surface area contributed by atoms with E-state index in [0.29, 0.717) is 36.2 Å². The minimum Gasteiger partial charge on any atom is -0.493 e. The lowest BCUT2D eigenvalue weighted by molar-refractivity contribution is -0.142. The molecule has 6 aromatic rings. The summed E-state index contributed by atoms with van der Waals surface area (Å²) >= 11 is 12.5. The van der Waals surface area contributed by atoms with Crippen molar-refractivity contribution in [2.75, 3.05) is 6.61 Å². The normalized spacial score (nSPS) is 17.0. The van der Waals surface area contributed by atoms with E-state index in [2.05, 4.69) is 41.5 Å². The number of fused-ring (bicyclic) bond motifs is 2. The Hall–Kier alpha value is -5.74. The summed E-state index contributed by atoms with van der Waals surface area (Å²) in [6.45, 7) is 7.32. The standard InChI is InChI=1S/C52H50Cl2FN3O5/c1-4-49(38-14-17-45(53)46(54)26-38)63-43-15-12-35(13-16-43)37-19-21-62-50-28-39-27-48(58(30-41(39)25-40(50)24-37)29-34-6-5-7-42(55)22-34)51(59)57-47(52(60)61)23-33-8-10-36(11-9-33)44-18-20-56-32(3)31(44)2/h5-18,20,22,25-26,28,37,47-49H,4,19,21,23-24,27,29-30H2,1-3H3,(H,57,59)(H,60,61)/t37-,47+,48+,49-/m1/s1. The molecule has 5 aromatic carbocycles. The number of aliphatic carboxylic acids is 1. The predicted octanol–water partition coefficient (Wildman–Crippen LogP) is 11.2. The minimum absolute atomic E-state index is 0.110. The number of carboxylic acid groups (broad SMARTS) is 1. The Kier molecular flexibility index (Phi) is 13.5. The van der Waals surface area contributed by atoms with E-state index in [1.807, 2.05) is 79.4 Å². The maximum absolute atomic E-state index is 14.4. The van der Waals surface area contributed by atoms with Crippen LogP contribution in [-0.2, 0) is 41.9 Å². The van der Waals surface area contributed by atoms with Crippen LogP contribution in [0.4, 0.5) is 4.39 Å². The van der Waals surface area contributed by atoms with E-state index in [4.69, 9.17) is 32.7 Å². The highest BCUT2D eigenvalue weighted by Gasteiger charge is 2.35. The molecule has 8 nitrogen and oxygen atoms in total. The largest absolute Gasteiger partial charge is 0.493 e. The van der Waals surface area contributed by atoms with Gasteiger partial charge in [0.15, 0.2) is 0 Å². The molecule has 3 heterocycles. The number of aromatic nitrogens is 1. The molecule has 1 aromatic heterocycles. The third kappa shape index (κ3) is 10.2. The average Bonchev–Trinajstić information content (AvgIpc) is 3.48. The summed E-state index contributed by atoms with van der Waals surface area (Å²) in [5.41, 5.74) is 10.9. The number of carbonyl (C=O) groups is 2. The number of halogens is 3. The molecule has 8 rings (SSSR count). The Labute approximate surface area is 378 Å². The van der Waals surface area contributed by atoms with Crippen LogP contribution in [0.5, 0.6) is 11.5 Å². The van der Waals surface area contributed by atoms with Crippen LogP contribution in [0, 0.1) is 19.7 Å². The minimum atomic E-state index is -1.16. The maximum atomic E-state index is 14.4. The molecule has 0 aliphatic carbocycles. The smallest absolute Gasteiger partial charge is 0.326 e. The molecule has 0 saturated carbocycles. The molecule has 2 aliphatic rings. The van der Waals surface area contributed by atoms with Gasteiger partial charge in [0.05, 0.1) is 22.7 Å². The zero-order valence-electron chi connectivity index (χ0n) is 35.5. The highest BCUT2D eigenvalue weighted by molar-refractivity contribution is 6.42.